The van der Waals surface area contributed by atoms with Gasteiger partial charge in [0.05, 0.1) is 0 Å². The summed E-state index contributed by atoms with van der Waals surface area (Å²) in [5.41, 5.74) is 0. The van der Waals surface area contributed by atoms with Crippen molar-refractivity contribution in [1.82, 2.24) is 0 Å². The van der Waals surface area contributed by atoms with E-state index >= 15 is 0 Å². The van der Waals surface area contributed by atoms with E-state index in [0.29, 0.717) is 6.42 Å². The zero-order valence-corrected chi connectivity index (χ0v) is 8.24. The normalized spacial score (nSPS) is 11.8. The van der Waals surface area contributed by atoms with Gasteiger partial charge in [-0.05, 0) is 26.0 Å². The second-order valence-corrected chi connectivity index (χ2v) is 3.08. The first-order chi connectivity index (χ1) is 6.61. The average molecular weight is 192 g/mol. The minimum atomic E-state index is -0.638. The summed E-state index contributed by atoms with van der Waals surface area (Å²) in [6.07, 6.45) is 5.15. The quantitative estimate of drug-likeness (QED) is 0.415. The zero-order chi connectivity index (χ0) is 10.6. The SMILES string of the molecule is C#CC(=O)OC(C)Cc1ccc(C)o1. The number of esters is 1. The first-order valence-electron chi connectivity index (χ1n) is 4.34. The van der Waals surface area contributed by atoms with Crippen molar-refractivity contribution in [3.8, 4) is 12.3 Å². The van der Waals surface area contributed by atoms with E-state index in [2.05, 4.69) is 0 Å². The molecule has 3 nitrogen and oxygen atoms in total. The molecule has 0 radical (unpaired) electrons. The van der Waals surface area contributed by atoms with Gasteiger partial charge in [0.1, 0.15) is 17.6 Å². The van der Waals surface area contributed by atoms with Crippen LogP contribution in [0, 0.1) is 19.3 Å². The molecule has 0 amide bonds. The molecule has 74 valence electrons. The van der Waals surface area contributed by atoms with E-state index in [9.17, 15) is 4.79 Å². The van der Waals surface area contributed by atoms with Crippen LogP contribution in [0.2, 0.25) is 0 Å². The molecule has 1 atom stereocenters. The molecule has 0 saturated carbocycles. The van der Waals surface area contributed by atoms with Crippen LogP contribution < -0.4 is 0 Å². The van der Waals surface area contributed by atoms with Crippen LogP contribution in [0.4, 0.5) is 0 Å². The van der Waals surface area contributed by atoms with E-state index in [1.807, 2.05) is 25.0 Å². The Morgan fingerprint density at radius 1 is 1.71 bits per heavy atom. The highest BCUT2D eigenvalue weighted by Gasteiger charge is 2.10. The smallest absolute Gasteiger partial charge is 0.384 e. The molecule has 0 aromatic carbocycles. The fourth-order valence-corrected chi connectivity index (χ4v) is 1.14. The summed E-state index contributed by atoms with van der Waals surface area (Å²) in [5, 5.41) is 0. The van der Waals surface area contributed by atoms with E-state index in [0.717, 1.165) is 11.5 Å². The zero-order valence-electron chi connectivity index (χ0n) is 8.24. The second-order valence-electron chi connectivity index (χ2n) is 3.08. The van der Waals surface area contributed by atoms with Crippen molar-refractivity contribution in [2.45, 2.75) is 26.4 Å². The van der Waals surface area contributed by atoms with Crippen LogP contribution in [-0.4, -0.2) is 12.1 Å². The molecule has 0 aliphatic heterocycles. The number of carbonyl (C=O) groups is 1. The largest absolute Gasteiger partial charge is 0.466 e. The molecule has 0 bridgehead atoms. The summed E-state index contributed by atoms with van der Waals surface area (Å²) in [7, 11) is 0. The van der Waals surface area contributed by atoms with Crippen molar-refractivity contribution in [2.24, 2.45) is 0 Å². The topological polar surface area (TPSA) is 39.4 Å². The van der Waals surface area contributed by atoms with Crippen molar-refractivity contribution >= 4 is 5.97 Å². The first kappa shape index (κ1) is 10.4. The van der Waals surface area contributed by atoms with Crippen LogP contribution in [0.1, 0.15) is 18.4 Å². The monoisotopic (exact) mass is 192 g/mol. The molecule has 1 aromatic heterocycles. The van der Waals surface area contributed by atoms with Crippen molar-refractivity contribution in [3.05, 3.63) is 23.7 Å². The number of ether oxygens (including phenoxy) is 1. The molecule has 1 rings (SSSR count). The Labute approximate surface area is 83.1 Å². The number of carbonyl (C=O) groups excluding carboxylic acids is 1. The van der Waals surface area contributed by atoms with Gasteiger partial charge >= 0.3 is 5.97 Å². The minimum Gasteiger partial charge on any atom is -0.466 e. The number of hydrogen-bond acceptors (Lipinski definition) is 3. The number of hydrogen-bond donors (Lipinski definition) is 0. The van der Waals surface area contributed by atoms with Gasteiger partial charge in [0, 0.05) is 12.3 Å². The highest BCUT2D eigenvalue weighted by atomic mass is 16.5. The molecule has 1 unspecified atom stereocenters. The van der Waals surface area contributed by atoms with Crippen molar-refractivity contribution in [2.75, 3.05) is 0 Å². The third-order valence-electron chi connectivity index (χ3n) is 1.71. The third-order valence-corrected chi connectivity index (χ3v) is 1.71. The average Bonchev–Trinajstić information content (AvgIpc) is 2.50. The fourth-order valence-electron chi connectivity index (χ4n) is 1.14. The van der Waals surface area contributed by atoms with E-state index < -0.39 is 5.97 Å². The van der Waals surface area contributed by atoms with E-state index in [4.69, 9.17) is 15.6 Å². The summed E-state index contributed by atoms with van der Waals surface area (Å²) in [6.45, 7) is 3.63. The maximum Gasteiger partial charge on any atom is 0.384 e. The van der Waals surface area contributed by atoms with Crippen molar-refractivity contribution in [3.63, 3.8) is 0 Å². The van der Waals surface area contributed by atoms with Gasteiger partial charge in [-0.2, -0.15) is 0 Å². The summed E-state index contributed by atoms with van der Waals surface area (Å²) < 4.78 is 10.2. The second kappa shape index (κ2) is 4.52. The Bertz CT molecular complexity index is 357. The molecule has 14 heavy (non-hydrogen) atoms. The minimum absolute atomic E-state index is 0.260. The molecule has 3 heteroatoms. The predicted molar refractivity (Wildman–Crippen MR) is 51.5 cm³/mol. The molecule has 0 fully saturated rings. The molecule has 0 N–H and O–H groups in total. The summed E-state index contributed by atoms with van der Waals surface area (Å²) in [6, 6.07) is 3.72. The Hall–Kier alpha value is -1.69. The van der Waals surface area contributed by atoms with Gasteiger partial charge in [0.15, 0.2) is 0 Å². The van der Waals surface area contributed by atoms with E-state index in [1.165, 1.54) is 0 Å². The number of aryl methyl sites for hydroxylation is 1. The Kier molecular flexibility index (Phi) is 3.35. The van der Waals surface area contributed by atoms with Gasteiger partial charge in [-0.1, -0.05) is 0 Å². The van der Waals surface area contributed by atoms with Gasteiger partial charge in [0.2, 0.25) is 0 Å². The molecule has 0 spiro atoms. The Morgan fingerprint density at radius 2 is 2.43 bits per heavy atom. The maximum atomic E-state index is 10.7. The number of terminal acetylenes is 1. The van der Waals surface area contributed by atoms with Crippen LogP contribution in [0.15, 0.2) is 16.5 Å². The van der Waals surface area contributed by atoms with Gasteiger partial charge in [-0.3, -0.25) is 0 Å². The Morgan fingerprint density at radius 3 is 2.93 bits per heavy atom. The number of furan rings is 1. The highest BCUT2D eigenvalue weighted by molar-refractivity contribution is 5.87. The fraction of sp³-hybridized carbons (Fsp3) is 0.364. The molecular weight excluding hydrogens is 180 g/mol. The molecule has 0 aliphatic rings. The van der Waals surface area contributed by atoms with Crippen LogP contribution >= 0.6 is 0 Å². The summed E-state index contributed by atoms with van der Waals surface area (Å²) >= 11 is 0. The van der Waals surface area contributed by atoms with Gasteiger partial charge in [0.25, 0.3) is 0 Å². The summed E-state index contributed by atoms with van der Waals surface area (Å²) in [5.74, 6) is 2.89. The van der Waals surface area contributed by atoms with Crippen molar-refractivity contribution in [1.29, 1.82) is 0 Å². The van der Waals surface area contributed by atoms with Crippen LogP contribution in [0.5, 0.6) is 0 Å². The van der Waals surface area contributed by atoms with E-state index in [-0.39, 0.29) is 6.10 Å². The lowest BCUT2D eigenvalue weighted by molar-refractivity contribution is -0.141. The summed E-state index contributed by atoms with van der Waals surface area (Å²) in [4.78, 5) is 10.7. The molecule has 0 aliphatic carbocycles. The van der Waals surface area contributed by atoms with Crippen LogP contribution in [-0.2, 0) is 16.0 Å². The third kappa shape index (κ3) is 2.98. The molecule has 1 heterocycles. The van der Waals surface area contributed by atoms with Gasteiger partial charge < -0.3 is 9.15 Å². The first-order valence-corrected chi connectivity index (χ1v) is 4.34. The maximum absolute atomic E-state index is 10.7. The van der Waals surface area contributed by atoms with E-state index in [1.54, 1.807) is 6.92 Å². The van der Waals surface area contributed by atoms with Crippen LogP contribution in [0.3, 0.4) is 0 Å². The standard InChI is InChI=1S/C11H12O3/c1-4-11(12)14-9(3)7-10-6-5-8(2)13-10/h1,5-6,9H,7H2,2-3H3. The molecule has 1 aromatic rings. The lowest BCUT2D eigenvalue weighted by Gasteiger charge is -2.08. The van der Waals surface area contributed by atoms with Gasteiger partial charge in [-0.15, -0.1) is 6.42 Å². The lowest BCUT2D eigenvalue weighted by atomic mass is 10.2. The van der Waals surface area contributed by atoms with Crippen molar-refractivity contribution < 1.29 is 13.9 Å². The van der Waals surface area contributed by atoms with Crippen LogP contribution in [0.25, 0.3) is 0 Å². The van der Waals surface area contributed by atoms with Gasteiger partial charge in [-0.25, -0.2) is 4.79 Å². The molecule has 0 saturated heterocycles. The lowest BCUT2D eigenvalue weighted by Crippen LogP contribution is -2.15. The highest BCUT2D eigenvalue weighted by Crippen LogP contribution is 2.10. The molecular formula is C11H12O3. The number of rotatable bonds is 3. The predicted octanol–water partition coefficient (Wildman–Crippen LogP) is 1.70. The Balaban J connectivity index is 2.46.